The Labute approximate surface area is 175 Å². The first kappa shape index (κ1) is 21.6. The van der Waals surface area contributed by atoms with E-state index in [9.17, 15) is 9.36 Å². The maximum absolute atomic E-state index is 13.1. The van der Waals surface area contributed by atoms with Crippen LogP contribution in [0.25, 0.3) is 0 Å². The predicted octanol–water partition coefficient (Wildman–Crippen LogP) is 6.34. The fourth-order valence-corrected chi connectivity index (χ4v) is 3.52. The van der Waals surface area contributed by atoms with Crippen molar-refractivity contribution in [2.45, 2.75) is 26.2 Å². The van der Waals surface area contributed by atoms with Gasteiger partial charge in [-0.05, 0) is 52.1 Å². The number of hydrogen-bond donors (Lipinski definition) is 0. The topological polar surface area (TPSA) is 71.1 Å². The molecule has 0 bridgehead atoms. The molecule has 0 aliphatic carbocycles. The molecule has 0 aliphatic heterocycles. The van der Waals surface area contributed by atoms with Gasteiger partial charge in [0.2, 0.25) is 0 Å². The highest BCUT2D eigenvalue weighted by Crippen LogP contribution is 2.49. The van der Waals surface area contributed by atoms with Crippen molar-refractivity contribution in [3.05, 3.63) is 96.1 Å². The summed E-state index contributed by atoms with van der Waals surface area (Å²) >= 11 is 0. The Kier molecular flexibility index (Phi) is 6.60. The van der Waals surface area contributed by atoms with Gasteiger partial charge in [-0.2, -0.15) is 0 Å². The lowest BCUT2D eigenvalue weighted by Gasteiger charge is -2.19. The van der Waals surface area contributed by atoms with Crippen molar-refractivity contribution in [3.63, 3.8) is 0 Å². The summed E-state index contributed by atoms with van der Waals surface area (Å²) in [6.07, 6.45) is 0. The van der Waals surface area contributed by atoms with Crippen LogP contribution in [0.1, 0.15) is 36.7 Å². The Morgan fingerprint density at radius 2 is 1.20 bits per heavy atom. The molecule has 3 aromatic carbocycles. The number of benzene rings is 3. The van der Waals surface area contributed by atoms with Gasteiger partial charge in [-0.25, -0.2) is 9.36 Å². The minimum atomic E-state index is -4.32. The molecular formula is C23H23O6P. The molecule has 0 radical (unpaired) electrons. The second-order valence-electron chi connectivity index (χ2n) is 7.53. The molecule has 0 aliphatic rings. The van der Waals surface area contributed by atoms with E-state index in [1.807, 2.05) is 12.1 Å². The average Bonchev–Trinajstić information content (AvgIpc) is 2.73. The number of phosphoric ester groups is 1. The third kappa shape index (κ3) is 5.96. The fraction of sp³-hybridized carbons (Fsp3) is 0.174. The summed E-state index contributed by atoms with van der Waals surface area (Å²) in [6, 6.07) is 23.6. The van der Waals surface area contributed by atoms with E-state index >= 15 is 0 Å². The molecule has 0 saturated heterocycles. The quantitative estimate of drug-likeness (QED) is 0.249. The minimum absolute atomic E-state index is 0.0539. The highest BCUT2D eigenvalue weighted by atomic mass is 31.2. The molecule has 0 atom stereocenters. The smallest absolute Gasteiger partial charge is 0.393 e. The van der Waals surface area contributed by atoms with E-state index in [4.69, 9.17) is 18.6 Å². The molecule has 6 nitrogen and oxygen atoms in total. The molecule has 0 aromatic heterocycles. The Bertz CT molecular complexity index is 966. The van der Waals surface area contributed by atoms with Gasteiger partial charge >= 0.3 is 13.8 Å². The zero-order chi connectivity index (χ0) is 21.6. The summed E-state index contributed by atoms with van der Waals surface area (Å²) in [5.41, 5.74) is 1.25. The van der Waals surface area contributed by atoms with Gasteiger partial charge in [0, 0.05) is 0 Å². The fourth-order valence-electron chi connectivity index (χ4n) is 2.50. The van der Waals surface area contributed by atoms with Crippen LogP contribution in [-0.2, 0) is 19.5 Å². The SMILES string of the molecule is CC(C)(C)c1ccc(C(=O)OOP(=O)(Oc2ccccc2)Oc2ccccc2)cc1. The molecule has 7 heteroatoms. The van der Waals surface area contributed by atoms with Crippen LogP contribution in [0.5, 0.6) is 11.5 Å². The van der Waals surface area contributed by atoms with Gasteiger partial charge in [-0.3, -0.25) is 4.89 Å². The molecule has 0 amide bonds. The number of rotatable bonds is 7. The van der Waals surface area contributed by atoms with E-state index < -0.39 is 13.8 Å². The van der Waals surface area contributed by atoms with E-state index in [0.29, 0.717) is 0 Å². The molecule has 30 heavy (non-hydrogen) atoms. The van der Waals surface area contributed by atoms with Gasteiger partial charge < -0.3 is 9.05 Å². The number of carbonyl (C=O) groups is 1. The highest BCUT2D eigenvalue weighted by molar-refractivity contribution is 7.49. The van der Waals surface area contributed by atoms with E-state index in [1.165, 1.54) is 0 Å². The molecule has 156 valence electrons. The zero-order valence-electron chi connectivity index (χ0n) is 17.0. The molecular weight excluding hydrogens is 403 g/mol. The van der Waals surface area contributed by atoms with Crippen LogP contribution in [0, 0.1) is 0 Å². The lowest BCUT2D eigenvalue weighted by atomic mass is 9.87. The number of carbonyl (C=O) groups excluding carboxylic acids is 1. The van der Waals surface area contributed by atoms with Crippen molar-refractivity contribution >= 4 is 13.8 Å². The Hall–Kier alpha value is -3.08. The first-order chi connectivity index (χ1) is 14.3. The summed E-state index contributed by atoms with van der Waals surface area (Å²) in [5, 5.41) is 0. The second kappa shape index (κ2) is 9.16. The van der Waals surface area contributed by atoms with Crippen LogP contribution < -0.4 is 9.05 Å². The van der Waals surface area contributed by atoms with E-state index in [0.717, 1.165) is 5.56 Å². The Morgan fingerprint density at radius 3 is 1.63 bits per heavy atom. The molecule has 0 spiro atoms. The third-order valence-electron chi connectivity index (χ3n) is 4.11. The first-order valence-electron chi connectivity index (χ1n) is 9.36. The van der Waals surface area contributed by atoms with Gasteiger partial charge in [0.05, 0.1) is 5.56 Å². The van der Waals surface area contributed by atoms with Gasteiger partial charge in [-0.15, -0.1) is 0 Å². The summed E-state index contributed by atoms with van der Waals surface area (Å²) in [7, 11) is -4.32. The monoisotopic (exact) mass is 426 g/mol. The lowest BCUT2D eigenvalue weighted by molar-refractivity contribution is -0.163. The normalized spacial score (nSPS) is 11.6. The van der Waals surface area contributed by atoms with E-state index in [1.54, 1.807) is 72.8 Å². The lowest BCUT2D eigenvalue weighted by Crippen LogP contribution is -2.13. The van der Waals surface area contributed by atoms with E-state index in [2.05, 4.69) is 20.8 Å². The largest absolute Gasteiger partial charge is 0.625 e. The van der Waals surface area contributed by atoms with Crippen molar-refractivity contribution < 1.29 is 28.0 Å². The van der Waals surface area contributed by atoms with E-state index in [-0.39, 0.29) is 22.5 Å². The predicted molar refractivity (Wildman–Crippen MR) is 113 cm³/mol. The summed E-state index contributed by atoms with van der Waals surface area (Å²) in [4.78, 5) is 17.2. The van der Waals surface area contributed by atoms with Crippen LogP contribution in [-0.4, -0.2) is 5.97 Å². The Morgan fingerprint density at radius 1 is 0.733 bits per heavy atom. The van der Waals surface area contributed by atoms with Crippen LogP contribution in [0.15, 0.2) is 84.9 Å². The third-order valence-corrected chi connectivity index (χ3v) is 5.24. The van der Waals surface area contributed by atoms with Crippen LogP contribution in [0.2, 0.25) is 0 Å². The van der Waals surface area contributed by atoms with Crippen molar-refractivity contribution in [1.82, 2.24) is 0 Å². The van der Waals surface area contributed by atoms with Gasteiger partial charge in [0.15, 0.2) is 0 Å². The van der Waals surface area contributed by atoms with Crippen molar-refractivity contribution in [3.8, 4) is 11.5 Å². The standard InChI is InChI=1S/C23H23O6P/c1-23(2,3)19-16-14-18(15-17-19)22(24)26-29-30(25,27-20-10-6-4-7-11-20)28-21-12-8-5-9-13-21/h4-17H,1-3H3. The minimum Gasteiger partial charge on any atom is -0.393 e. The summed E-state index contributed by atoms with van der Waals surface area (Å²) in [6.45, 7) is 6.21. The van der Waals surface area contributed by atoms with Crippen LogP contribution in [0.3, 0.4) is 0 Å². The van der Waals surface area contributed by atoms with Gasteiger partial charge in [0.25, 0.3) is 0 Å². The molecule has 0 N–H and O–H groups in total. The number of phosphoric acid groups is 1. The highest BCUT2D eigenvalue weighted by Gasteiger charge is 2.35. The second-order valence-corrected chi connectivity index (χ2v) is 8.94. The average molecular weight is 426 g/mol. The van der Waals surface area contributed by atoms with Crippen LogP contribution in [0.4, 0.5) is 0 Å². The molecule has 0 saturated carbocycles. The van der Waals surface area contributed by atoms with Crippen LogP contribution >= 0.6 is 7.82 Å². The molecule has 3 aromatic rings. The molecule has 3 rings (SSSR count). The molecule has 0 unspecified atom stereocenters. The summed E-state index contributed by atoms with van der Waals surface area (Å²) in [5.74, 6) is -0.339. The van der Waals surface area contributed by atoms with Gasteiger partial charge in [-0.1, -0.05) is 69.3 Å². The number of hydrogen-bond acceptors (Lipinski definition) is 6. The van der Waals surface area contributed by atoms with Crippen molar-refractivity contribution in [1.29, 1.82) is 0 Å². The molecule has 0 fully saturated rings. The molecule has 0 heterocycles. The maximum Gasteiger partial charge on any atom is 0.625 e. The Balaban J connectivity index is 1.74. The number of para-hydroxylation sites is 2. The zero-order valence-corrected chi connectivity index (χ0v) is 17.9. The van der Waals surface area contributed by atoms with Crippen molar-refractivity contribution in [2.75, 3.05) is 0 Å². The van der Waals surface area contributed by atoms with Crippen molar-refractivity contribution in [2.24, 2.45) is 0 Å². The van der Waals surface area contributed by atoms with Gasteiger partial charge in [0.1, 0.15) is 11.5 Å². The first-order valence-corrected chi connectivity index (χ1v) is 10.8. The summed E-state index contributed by atoms with van der Waals surface area (Å²) < 4.78 is 28.8. The maximum atomic E-state index is 13.1.